The molecule has 6 nitrogen and oxygen atoms in total. The highest BCUT2D eigenvalue weighted by Gasteiger charge is 2.26. The molecule has 1 fully saturated rings. The predicted octanol–water partition coefficient (Wildman–Crippen LogP) is 2.04. The fourth-order valence-electron chi connectivity index (χ4n) is 3.78. The number of aliphatic hydroxyl groups is 2. The summed E-state index contributed by atoms with van der Waals surface area (Å²) in [6, 6.07) is 12.6. The number of hydrogen-bond donors (Lipinski definition) is 2. The lowest BCUT2D eigenvalue weighted by Crippen LogP contribution is -2.36. The molecule has 0 radical (unpaired) electrons. The van der Waals surface area contributed by atoms with E-state index in [2.05, 4.69) is 46.1 Å². The van der Waals surface area contributed by atoms with Gasteiger partial charge in [-0.2, -0.15) is 0 Å². The van der Waals surface area contributed by atoms with Crippen LogP contribution in [-0.4, -0.2) is 77.5 Å². The first-order valence-electron chi connectivity index (χ1n) is 10.4. The Hall–Kier alpha value is -1.99. The number of β-amino-alcohol motifs (C(OH)–C–C–N with tert-alkyl or cyclic N) is 1. The number of nitrogens with zero attached hydrogens (tertiary/aromatic N) is 3. The fraction of sp³-hybridized carbons (Fsp3) is 0.522. The lowest BCUT2D eigenvalue weighted by Gasteiger charge is -2.32. The minimum Gasteiger partial charge on any atom is -0.491 e. The van der Waals surface area contributed by atoms with Crippen molar-refractivity contribution >= 4 is 0 Å². The molecule has 0 saturated carbocycles. The number of benzene rings is 1. The van der Waals surface area contributed by atoms with Gasteiger partial charge in [-0.1, -0.05) is 18.2 Å². The maximum absolute atomic E-state index is 9.92. The third-order valence-electron chi connectivity index (χ3n) is 5.56. The molecule has 2 aromatic rings. The summed E-state index contributed by atoms with van der Waals surface area (Å²) >= 11 is 0. The number of ether oxygens (including phenoxy) is 1. The van der Waals surface area contributed by atoms with Crippen LogP contribution >= 0.6 is 0 Å². The van der Waals surface area contributed by atoms with Crippen LogP contribution in [0.2, 0.25) is 0 Å². The summed E-state index contributed by atoms with van der Waals surface area (Å²) in [5.74, 6) is 0.770. The second-order valence-electron chi connectivity index (χ2n) is 7.90. The highest BCUT2D eigenvalue weighted by atomic mass is 16.5. The molecule has 1 aliphatic rings. The molecule has 2 N–H and O–H groups in total. The molecule has 3 rings (SSSR count). The van der Waals surface area contributed by atoms with E-state index in [1.54, 1.807) is 0 Å². The van der Waals surface area contributed by atoms with Gasteiger partial charge in [-0.05, 0) is 56.1 Å². The Balaban J connectivity index is 1.68. The van der Waals surface area contributed by atoms with Crippen molar-refractivity contribution in [1.82, 2.24) is 14.8 Å². The molecular formula is C23H33N3O3. The smallest absolute Gasteiger partial charge is 0.119 e. The SMILES string of the molecule is Cc1ccc(CCN(C)C(CN2CCC(O)C2)c2ccc(OCCO)cc2)cn1. The molecule has 1 aromatic heterocycles. The summed E-state index contributed by atoms with van der Waals surface area (Å²) in [6.45, 7) is 5.81. The molecule has 0 spiro atoms. The van der Waals surface area contributed by atoms with E-state index < -0.39 is 0 Å². The predicted molar refractivity (Wildman–Crippen MR) is 114 cm³/mol. The van der Waals surface area contributed by atoms with Crippen LogP contribution < -0.4 is 4.74 Å². The molecule has 1 aromatic carbocycles. The topological polar surface area (TPSA) is 69.1 Å². The zero-order valence-electron chi connectivity index (χ0n) is 17.5. The molecule has 2 unspecified atom stereocenters. The van der Waals surface area contributed by atoms with Crippen molar-refractivity contribution in [3.8, 4) is 5.75 Å². The third kappa shape index (κ3) is 6.51. The molecule has 0 aliphatic carbocycles. The second-order valence-corrected chi connectivity index (χ2v) is 7.90. The van der Waals surface area contributed by atoms with E-state index in [4.69, 9.17) is 9.84 Å². The average Bonchev–Trinajstić information content (AvgIpc) is 3.15. The van der Waals surface area contributed by atoms with Crippen LogP contribution in [0.1, 0.15) is 29.3 Å². The molecule has 158 valence electrons. The normalized spacial score (nSPS) is 18.3. The highest BCUT2D eigenvalue weighted by molar-refractivity contribution is 5.29. The number of aryl methyl sites for hydroxylation is 1. The molecular weight excluding hydrogens is 366 g/mol. The second kappa shape index (κ2) is 10.7. The zero-order chi connectivity index (χ0) is 20.6. The molecule has 1 saturated heterocycles. The average molecular weight is 400 g/mol. The van der Waals surface area contributed by atoms with Gasteiger partial charge in [0.2, 0.25) is 0 Å². The van der Waals surface area contributed by atoms with Gasteiger partial charge in [-0.15, -0.1) is 0 Å². The van der Waals surface area contributed by atoms with Crippen molar-refractivity contribution in [3.05, 3.63) is 59.4 Å². The number of pyridine rings is 1. The molecule has 0 amide bonds. The Morgan fingerprint density at radius 3 is 2.66 bits per heavy atom. The van der Waals surface area contributed by atoms with Crippen LogP contribution in [0.3, 0.4) is 0 Å². The summed E-state index contributed by atoms with van der Waals surface area (Å²) in [4.78, 5) is 9.13. The van der Waals surface area contributed by atoms with Crippen molar-refractivity contribution < 1.29 is 14.9 Å². The third-order valence-corrected chi connectivity index (χ3v) is 5.56. The Kier molecular flexibility index (Phi) is 8.00. The van der Waals surface area contributed by atoms with E-state index in [0.717, 1.165) is 50.5 Å². The molecule has 2 heterocycles. The quantitative estimate of drug-likeness (QED) is 0.637. The maximum Gasteiger partial charge on any atom is 0.119 e. The van der Waals surface area contributed by atoms with Crippen LogP contribution in [0.15, 0.2) is 42.6 Å². The monoisotopic (exact) mass is 399 g/mol. The lowest BCUT2D eigenvalue weighted by atomic mass is 10.0. The highest BCUT2D eigenvalue weighted by Crippen LogP contribution is 2.25. The molecule has 29 heavy (non-hydrogen) atoms. The van der Waals surface area contributed by atoms with E-state index in [1.165, 1.54) is 11.1 Å². The van der Waals surface area contributed by atoms with Gasteiger partial charge in [0, 0.05) is 44.1 Å². The van der Waals surface area contributed by atoms with E-state index in [1.807, 2.05) is 25.3 Å². The molecule has 1 aliphatic heterocycles. The minimum absolute atomic E-state index is 0.0122. The summed E-state index contributed by atoms with van der Waals surface area (Å²) in [5.41, 5.74) is 3.51. The van der Waals surface area contributed by atoms with Gasteiger partial charge in [-0.25, -0.2) is 0 Å². The van der Waals surface area contributed by atoms with Gasteiger partial charge in [0.15, 0.2) is 0 Å². The number of aromatic nitrogens is 1. The Morgan fingerprint density at radius 2 is 2.03 bits per heavy atom. The fourth-order valence-corrected chi connectivity index (χ4v) is 3.78. The number of likely N-dealkylation sites (tertiary alicyclic amines) is 1. The van der Waals surface area contributed by atoms with Crippen LogP contribution in [0.4, 0.5) is 0 Å². The lowest BCUT2D eigenvalue weighted by molar-refractivity contribution is 0.149. The largest absolute Gasteiger partial charge is 0.491 e. The van der Waals surface area contributed by atoms with Crippen molar-refractivity contribution in [2.75, 3.05) is 46.4 Å². The van der Waals surface area contributed by atoms with Gasteiger partial charge in [0.05, 0.1) is 12.7 Å². The van der Waals surface area contributed by atoms with Gasteiger partial charge >= 0.3 is 0 Å². The first kappa shape index (κ1) is 21.7. The summed E-state index contributed by atoms with van der Waals surface area (Å²) in [7, 11) is 2.16. The standard InChI is InChI=1S/C23H33N3O3/c1-18-3-4-19(15-24-18)9-11-25(2)23(17-26-12-10-21(28)16-26)20-5-7-22(8-6-20)29-14-13-27/h3-8,15,21,23,27-28H,9-14,16-17H2,1-2H3. The van der Waals surface area contributed by atoms with Crippen molar-refractivity contribution in [3.63, 3.8) is 0 Å². The Bertz CT molecular complexity index is 736. The summed E-state index contributed by atoms with van der Waals surface area (Å²) in [5, 5.41) is 18.8. The van der Waals surface area contributed by atoms with Crippen molar-refractivity contribution in [2.24, 2.45) is 0 Å². The number of likely N-dealkylation sites (N-methyl/N-ethyl adjacent to an activating group) is 1. The Morgan fingerprint density at radius 1 is 1.24 bits per heavy atom. The van der Waals surface area contributed by atoms with E-state index in [9.17, 15) is 5.11 Å². The van der Waals surface area contributed by atoms with Gasteiger partial charge < -0.3 is 14.9 Å². The van der Waals surface area contributed by atoms with Gasteiger partial charge in [0.25, 0.3) is 0 Å². The number of hydrogen-bond acceptors (Lipinski definition) is 6. The summed E-state index contributed by atoms with van der Waals surface area (Å²) < 4.78 is 5.50. The number of aliphatic hydroxyl groups excluding tert-OH is 2. The van der Waals surface area contributed by atoms with E-state index in [0.29, 0.717) is 6.61 Å². The Labute approximate surface area is 173 Å². The zero-order valence-corrected chi connectivity index (χ0v) is 17.5. The van der Waals surface area contributed by atoms with E-state index >= 15 is 0 Å². The van der Waals surface area contributed by atoms with Crippen molar-refractivity contribution in [2.45, 2.75) is 31.9 Å². The first-order valence-corrected chi connectivity index (χ1v) is 10.4. The molecule has 6 heteroatoms. The first-order chi connectivity index (χ1) is 14.0. The van der Waals surface area contributed by atoms with Crippen LogP contribution in [0, 0.1) is 6.92 Å². The van der Waals surface area contributed by atoms with Crippen LogP contribution in [0.25, 0.3) is 0 Å². The minimum atomic E-state index is -0.214. The molecule has 2 atom stereocenters. The van der Waals surface area contributed by atoms with Crippen molar-refractivity contribution in [1.29, 1.82) is 0 Å². The van der Waals surface area contributed by atoms with Crippen LogP contribution in [-0.2, 0) is 6.42 Å². The van der Waals surface area contributed by atoms with Crippen LogP contribution in [0.5, 0.6) is 5.75 Å². The van der Waals surface area contributed by atoms with E-state index in [-0.39, 0.29) is 18.8 Å². The maximum atomic E-state index is 9.92. The van der Waals surface area contributed by atoms with Gasteiger partial charge in [-0.3, -0.25) is 14.8 Å². The summed E-state index contributed by atoms with van der Waals surface area (Å²) in [6.07, 6.45) is 3.54. The van der Waals surface area contributed by atoms with Gasteiger partial charge in [0.1, 0.15) is 12.4 Å². The number of rotatable bonds is 10. The molecule has 0 bridgehead atoms.